The van der Waals surface area contributed by atoms with Gasteiger partial charge in [-0.25, -0.2) is 9.59 Å². The lowest BCUT2D eigenvalue weighted by Gasteiger charge is -2.38. The van der Waals surface area contributed by atoms with E-state index in [1.165, 1.54) is 0 Å². The second-order valence-electron chi connectivity index (χ2n) is 12.6. The van der Waals surface area contributed by atoms with Gasteiger partial charge in [-0.15, -0.1) is 0 Å². The molecule has 4 aliphatic rings. The summed E-state index contributed by atoms with van der Waals surface area (Å²) in [6.07, 6.45) is 6.28. The molecule has 0 aliphatic carbocycles. The number of aliphatic hydroxyl groups excluding tert-OH is 1. The van der Waals surface area contributed by atoms with Gasteiger partial charge in [-0.2, -0.15) is 8.42 Å². The molecule has 4 rings (SSSR count). The predicted octanol–water partition coefficient (Wildman–Crippen LogP) is 3.80. The van der Waals surface area contributed by atoms with Gasteiger partial charge in [-0.1, -0.05) is 0 Å². The Morgan fingerprint density at radius 2 is 1.06 bits per heavy atom. The molecule has 6 atom stereocenters. The Labute approximate surface area is 215 Å². The molecule has 4 aliphatic heterocycles. The first-order valence-electron chi connectivity index (χ1n) is 13.0. The van der Waals surface area contributed by atoms with E-state index < -0.39 is 21.3 Å². The quantitative estimate of drug-likeness (QED) is 0.533. The molecule has 2 amide bonds. The van der Waals surface area contributed by atoms with Crippen molar-refractivity contribution in [1.29, 1.82) is 0 Å². The van der Waals surface area contributed by atoms with Crippen LogP contribution in [0.2, 0.25) is 0 Å². The fourth-order valence-corrected chi connectivity index (χ4v) is 6.48. The summed E-state index contributed by atoms with van der Waals surface area (Å²) in [6.45, 7) is 11.2. The number of aliphatic hydroxyl groups is 1. The zero-order chi connectivity index (χ0) is 27.1. The van der Waals surface area contributed by atoms with Crippen LogP contribution in [0.3, 0.4) is 0 Å². The number of amides is 2. The highest BCUT2D eigenvalue weighted by molar-refractivity contribution is 7.86. The maximum absolute atomic E-state index is 12.2. The van der Waals surface area contributed by atoms with Crippen molar-refractivity contribution in [2.24, 2.45) is 0 Å². The number of piperidine rings is 2. The SMILES string of the molecule is CC(C)(C)OC(=O)N1[C@@H]2CC[C@H]1CC(O)C2.CC(C)(C)OC(=O)N1[C@@H]2CC[C@H]1CC(OS(C)(=O)=O)C2. The van der Waals surface area contributed by atoms with Gasteiger partial charge in [0.1, 0.15) is 11.2 Å². The molecule has 208 valence electrons. The van der Waals surface area contributed by atoms with Crippen LogP contribution in [0.1, 0.15) is 92.9 Å². The summed E-state index contributed by atoms with van der Waals surface area (Å²) in [4.78, 5) is 27.8. The highest BCUT2D eigenvalue weighted by atomic mass is 32.2. The number of carbonyl (C=O) groups is 2. The van der Waals surface area contributed by atoms with Crippen molar-refractivity contribution in [2.75, 3.05) is 6.26 Å². The van der Waals surface area contributed by atoms with Gasteiger partial charge in [0.2, 0.25) is 0 Å². The summed E-state index contributed by atoms with van der Waals surface area (Å²) >= 11 is 0. The number of hydrogen-bond donors (Lipinski definition) is 1. The number of nitrogens with zero attached hydrogens (tertiary/aromatic N) is 2. The third-order valence-corrected chi connectivity index (χ3v) is 7.54. The highest BCUT2D eigenvalue weighted by Gasteiger charge is 2.46. The van der Waals surface area contributed by atoms with E-state index in [1.54, 1.807) is 4.90 Å². The number of carbonyl (C=O) groups excluding carboxylic acids is 2. The molecule has 0 aromatic rings. The predicted molar refractivity (Wildman–Crippen MR) is 134 cm³/mol. The van der Waals surface area contributed by atoms with Crippen LogP contribution in [0.5, 0.6) is 0 Å². The third kappa shape index (κ3) is 7.95. The van der Waals surface area contributed by atoms with E-state index >= 15 is 0 Å². The Bertz CT molecular complexity index is 882. The monoisotopic (exact) mass is 532 g/mol. The van der Waals surface area contributed by atoms with Gasteiger partial charge in [0.25, 0.3) is 10.1 Å². The van der Waals surface area contributed by atoms with Crippen LogP contribution in [0, 0.1) is 0 Å². The number of fused-ring (bicyclic) bond motifs is 4. The molecule has 4 heterocycles. The highest BCUT2D eigenvalue weighted by Crippen LogP contribution is 2.38. The molecular formula is C25H44N2O8S. The third-order valence-electron chi connectivity index (χ3n) is 6.92. The van der Waals surface area contributed by atoms with E-state index in [0.29, 0.717) is 25.7 Å². The van der Waals surface area contributed by atoms with E-state index in [2.05, 4.69) is 0 Å². The molecule has 0 aromatic carbocycles. The lowest BCUT2D eigenvalue weighted by atomic mass is 10.0. The summed E-state index contributed by atoms with van der Waals surface area (Å²) in [6, 6.07) is 0.415. The van der Waals surface area contributed by atoms with Crippen LogP contribution in [0.4, 0.5) is 9.59 Å². The molecule has 10 nitrogen and oxygen atoms in total. The normalized spacial score (nSPS) is 32.0. The molecule has 0 radical (unpaired) electrons. The average molecular weight is 533 g/mol. The van der Waals surface area contributed by atoms with Crippen molar-refractivity contribution in [1.82, 2.24) is 9.80 Å². The summed E-state index contributed by atoms with van der Waals surface area (Å²) in [5.41, 5.74) is -0.955. The fourth-order valence-electron chi connectivity index (χ4n) is 5.83. The molecule has 0 spiro atoms. The molecule has 4 fully saturated rings. The van der Waals surface area contributed by atoms with Crippen molar-refractivity contribution in [3.8, 4) is 0 Å². The molecule has 2 unspecified atom stereocenters. The standard InChI is InChI=1S/C13H23NO5S.C12H21NO3/c1-13(2,3)18-12(15)14-9-5-6-10(14)8-11(7-9)19-20(4,16)17;1-12(2,3)16-11(15)13-8-4-5-9(13)7-10(14)6-8/h9-11H,5-8H2,1-4H3;8-10,14H,4-7H2,1-3H3/t9-,10+,11?;8-,9+,10?. The molecule has 4 saturated heterocycles. The molecule has 0 saturated carbocycles. The average Bonchev–Trinajstić information content (AvgIpc) is 3.09. The summed E-state index contributed by atoms with van der Waals surface area (Å²) < 4.78 is 38.3. The first-order valence-corrected chi connectivity index (χ1v) is 14.8. The van der Waals surface area contributed by atoms with E-state index in [9.17, 15) is 23.1 Å². The number of ether oxygens (including phenoxy) is 2. The summed E-state index contributed by atoms with van der Waals surface area (Å²) in [5.74, 6) is 0. The van der Waals surface area contributed by atoms with Gasteiger partial charge in [0, 0.05) is 24.2 Å². The lowest BCUT2D eigenvalue weighted by Crippen LogP contribution is -2.50. The second kappa shape index (κ2) is 10.6. The molecule has 0 aromatic heterocycles. The van der Waals surface area contributed by atoms with E-state index in [-0.39, 0.29) is 48.6 Å². The minimum absolute atomic E-state index is 0.0235. The Balaban J connectivity index is 0.000000205. The minimum atomic E-state index is -3.44. The lowest BCUT2D eigenvalue weighted by molar-refractivity contribution is -0.0113. The van der Waals surface area contributed by atoms with Crippen LogP contribution in [0.25, 0.3) is 0 Å². The zero-order valence-corrected chi connectivity index (χ0v) is 23.5. The summed E-state index contributed by atoms with van der Waals surface area (Å²) in [7, 11) is -3.44. The largest absolute Gasteiger partial charge is 0.444 e. The van der Waals surface area contributed by atoms with Gasteiger partial charge in [0.05, 0.1) is 18.5 Å². The number of rotatable bonds is 2. The fraction of sp³-hybridized carbons (Fsp3) is 0.920. The molecular weight excluding hydrogens is 488 g/mol. The van der Waals surface area contributed by atoms with Crippen molar-refractivity contribution < 1.29 is 36.8 Å². The Kier molecular flexibility index (Phi) is 8.57. The molecule has 11 heteroatoms. The summed E-state index contributed by atoms with van der Waals surface area (Å²) in [5, 5.41) is 9.64. The maximum Gasteiger partial charge on any atom is 0.410 e. The molecule has 36 heavy (non-hydrogen) atoms. The van der Waals surface area contributed by atoms with E-state index in [1.807, 2.05) is 46.4 Å². The molecule has 4 bridgehead atoms. The molecule has 1 N–H and O–H groups in total. The van der Waals surface area contributed by atoms with Crippen LogP contribution in [0.15, 0.2) is 0 Å². The Morgan fingerprint density at radius 1 is 0.722 bits per heavy atom. The van der Waals surface area contributed by atoms with Gasteiger partial charge in [-0.05, 0) is 92.9 Å². The van der Waals surface area contributed by atoms with Crippen molar-refractivity contribution in [2.45, 2.75) is 140 Å². The maximum atomic E-state index is 12.2. The van der Waals surface area contributed by atoms with Crippen molar-refractivity contribution in [3.05, 3.63) is 0 Å². The number of hydrogen-bond acceptors (Lipinski definition) is 8. The van der Waals surface area contributed by atoms with Crippen LogP contribution in [-0.2, 0) is 23.8 Å². The zero-order valence-electron chi connectivity index (χ0n) is 22.7. The van der Waals surface area contributed by atoms with Crippen LogP contribution < -0.4 is 0 Å². The Morgan fingerprint density at radius 3 is 1.36 bits per heavy atom. The second-order valence-corrected chi connectivity index (χ2v) is 14.2. The van der Waals surface area contributed by atoms with Gasteiger partial charge in [-0.3, -0.25) is 4.18 Å². The Hall–Kier alpha value is -1.59. The minimum Gasteiger partial charge on any atom is -0.444 e. The van der Waals surface area contributed by atoms with E-state index in [4.69, 9.17) is 13.7 Å². The van der Waals surface area contributed by atoms with Gasteiger partial charge >= 0.3 is 12.2 Å². The van der Waals surface area contributed by atoms with Gasteiger partial charge in [0.15, 0.2) is 0 Å². The van der Waals surface area contributed by atoms with Crippen molar-refractivity contribution in [3.63, 3.8) is 0 Å². The van der Waals surface area contributed by atoms with Crippen LogP contribution in [-0.4, -0.2) is 89.3 Å². The topological polar surface area (TPSA) is 123 Å². The van der Waals surface area contributed by atoms with E-state index in [0.717, 1.165) is 31.9 Å². The first kappa shape index (κ1) is 29.0. The van der Waals surface area contributed by atoms with Gasteiger partial charge < -0.3 is 24.4 Å². The smallest absolute Gasteiger partial charge is 0.410 e. The van der Waals surface area contributed by atoms with Crippen molar-refractivity contribution >= 4 is 22.3 Å². The first-order chi connectivity index (χ1) is 16.4. The van der Waals surface area contributed by atoms with Crippen LogP contribution >= 0.6 is 0 Å².